The Bertz CT molecular complexity index is 163. The van der Waals surface area contributed by atoms with E-state index >= 15 is 0 Å². The van der Waals surface area contributed by atoms with E-state index in [4.69, 9.17) is 4.74 Å². The van der Waals surface area contributed by atoms with Crippen molar-refractivity contribution in [3.63, 3.8) is 0 Å². The maximum Gasteiger partial charge on any atom is 0.0718 e. The number of hydrogen-bond acceptors (Lipinski definition) is 2. The Morgan fingerprint density at radius 2 is 2.40 bits per heavy atom. The van der Waals surface area contributed by atoms with E-state index in [0.29, 0.717) is 6.61 Å². The van der Waals surface area contributed by atoms with Crippen molar-refractivity contribution in [1.82, 2.24) is 0 Å². The molecule has 0 aliphatic heterocycles. The number of aliphatic imine (C=N–C) groups is 1. The van der Waals surface area contributed by atoms with Gasteiger partial charge in [-0.1, -0.05) is 6.58 Å². The van der Waals surface area contributed by atoms with Gasteiger partial charge in [0.05, 0.1) is 6.61 Å². The first-order chi connectivity index (χ1) is 4.72. The molecule has 0 saturated carbocycles. The zero-order chi connectivity index (χ0) is 7.98. The van der Waals surface area contributed by atoms with E-state index in [0.717, 1.165) is 10.1 Å². The van der Waals surface area contributed by atoms with Crippen LogP contribution >= 0.6 is 15.9 Å². The molecule has 2 nitrogen and oxygen atoms in total. The van der Waals surface area contributed by atoms with Gasteiger partial charge in [-0.2, -0.15) is 0 Å². The lowest BCUT2D eigenvalue weighted by Crippen LogP contribution is -1.91. The summed E-state index contributed by atoms with van der Waals surface area (Å²) in [5, 5.41) is 0. The van der Waals surface area contributed by atoms with Crippen molar-refractivity contribution in [3.8, 4) is 0 Å². The van der Waals surface area contributed by atoms with E-state index in [9.17, 15) is 0 Å². The smallest absolute Gasteiger partial charge is 0.0718 e. The van der Waals surface area contributed by atoms with Crippen LogP contribution in [0.15, 0.2) is 27.8 Å². The first-order valence-corrected chi connectivity index (χ1v) is 3.50. The van der Waals surface area contributed by atoms with Gasteiger partial charge in [0.25, 0.3) is 0 Å². The van der Waals surface area contributed by atoms with Crippen LogP contribution in [-0.2, 0) is 4.74 Å². The predicted molar refractivity (Wildman–Crippen MR) is 47.6 cm³/mol. The molecule has 0 saturated heterocycles. The molecule has 0 spiro atoms. The van der Waals surface area contributed by atoms with E-state index in [2.05, 4.69) is 34.2 Å². The number of nitrogens with zero attached hydrogens (tertiary/aromatic N) is 1. The van der Waals surface area contributed by atoms with Gasteiger partial charge in [-0.15, -0.1) is 0 Å². The standard InChI is InChI=1S/C7H10BrNO/c1-6(5-10-3)7(8)4-9-2/h4H,1-2,5H2,3H3/b7-4+. The average Bonchev–Trinajstić information content (AvgIpc) is 1.89. The minimum atomic E-state index is 0.507. The molecular formula is C7H10BrNO. The average molecular weight is 204 g/mol. The van der Waals surface area contributed by atoms with Crippen molar-refractivity contribution in [1.29, 1.82) is 0 Å². The second-order valence-corrected chi connectivity index (χ2v) is 2.55. The molecule has 3 heteroatoms. The topological polar surface area (TPSA) is 21.6 Å². The minimum absolute atomic E-state index is 0.507. The fourth-order valence-electron chi connectivity index (χ4n) is 0.415. The second-order valence-electron chi connectivity index (χ2n) is 1.70. The highest BCUT2D eigenvalue weighted by atomic mass is 79.9. The van der Waals surface area contributed by atoms with Gasteiger partial charge in [0, 0.05) is 17.8 Å². The number of hydrogen-bond donors (Lipinski definition) is 0. The van der Waals surface area contributed by atoms with Crippen LogP contribution in [0.4, 0.5) is 0 Å². The molecular weight excluding hydrogens is 194 g/mol. The van der Waals surface area contributed by atoms with Crippen molar-refractivity contribution in [2.24, 2.45) is 4.99 Å². The summed E-state index contributed by atoms with van der Waals surface area (Å²) in [4.78, 5) is 3.56. The van der Waals surface area contributed by atoms with Crippen LogP contribution in [0.5, 0.6) is 0 Å². The Hall–Kier alpha value is -0.410. The van der Waals surface area contributed by atoms with Gasteiger partial charge in [-0.3, -0.25) is 4.99 Å². The summed E-state index contributed by atoms with van der Waals surface area (Å²) in [7, 11) is 1.62. The maximum absolute atomic E-state index is 4.84. The van der Waals surface area contributed by atoms with Gasteiger partial charge >= 0.3 is 0 Å². The third-order valence-corrected chi connectivity index (χ3v) is 1.63. The molecule has 0 aromatic carbocycles. The molecule has 0 amide bonds. The molecule has 0 bridgehead atoms. The number of ether oxygens (including phenoxy) is 1. The van der Waals surface area contributed by atoms with Crippen LogP contribution in [0, 0.1) is 0 Å². The summed E-state index contributed by atoms with van der Waals surface area (Å²) < 4.78 is 5.66. The highest BCUT2D eigenvalue weighted by Gasteiger charge is 1.95. The highest BCUT2D eigenvalue weighted by Crippen LogP contribution is 2.14. The zero-order valence-electron chi connectivity index (χ0n) is 5.93. The highest BCUT2D eigenvalue weighted by molar-refractivity contribution is 9.12. The van der Waals surface area contributed by atoms with E-state index in [1.54, 1.807) is 13.3 Å². The van der Waals surface area contributed by atoms with Gasteiger partial charge in [0.15, 0.2) is 0 Å². The van der Waals surface area contributed by atoms with Gasteiger partial charge in [-0.25, -0.2) is 0 Å². The lowest BCUT2D eigenvalue weighted by Gasteiger charge is -1.99. The van der Waals surface area contributed by atoms with Gasteiger partial charge in [0.2, 0.25) is 0 Å². The Balaban J connectivity index is 3.93. The van der Waals surface area contributed by atoms with Crippen LogP contribution in [0.25, 0.3) is 0 Å². The molecule has 0 aromatic rings. The van der Waals surface area contributed by atoms with Crippen molar-refractivity contribution >= 4 is 22.6 Å². The first-order valence-electron chi connectivity index (χ1n) is 2.71. The Labute approximate surface area is 69.4 Å². The first kappa shape index (κ1) is 9.59. The quantitative estimate of drug-likeness (QED) is 0.507. The van der Waals surface area contributed by atoms with Crippen LogP contribution in [0.1, 0.15) is 0 Å². The Morgan fingerprint density at radius 3 is 2.80 bits per heavy atom. The molecule has 0 heterocycles. The second kappa shape index (κ2) is 5.38. The lowest BCUT2D eigenvalue weighted by atomic mass is 10.3. The summed E-state index contributed by atoms with van der Waals surface area (Å²) in [6.07, 6.45) is 1.58. The van der Waals surface area contributed by atoms with E-state index in [1.807, 2.05) is 0 Å². The van der Waals surface area contributed by atoms with Crippen molar-refractivity contribution in [2.45, 2.75) is 0 Å². The molecule has 0 aliphatic carbocycles. The molecule has 0 rings (SSSR count). The fraction of sp³-hybridized carbons (Fsp3) is 0.286. The molecule has 10 heavy (non-hydrogen) atoms. The summed E-state index contributed by atoms with van der Waals surface area (Å²) >= 11 is 3.25. The fourth-order valence-corrected chi connectivity index (χ4v) is 0.674. The normalized spacial score (nSPS) is 11.2. The van der Waals surface area contributed by atoms with Gasteiger partial charge in [0.1, 0.15) is 0 Å². The lowest BCUT2D eigenvalue weighted by molar-refractivity contribution is 0.228. The van der Waals surface area contributed by atoms with Gasteiger partial charge < -0.3 is 4.74 Å². The molecule has 0 atom stereocenters. The van der Waals surface area contributed by atoms with Crippen molar-refractivity contribution < 1.29 is 4.74 Å². The summed E-state index contributed by atoms with van der Waals surface area (Å²) in [6, 6.07) is 0. The Morgan fingerprint density at radius 1 is 1.80 bits per heavy atom. The van der Waals surface area contributed by atoms with Crippen LogP contribution < -0.4 is 0 Å². The minimum Gasteiger partial charge on any atom is -0.380 e. The zero-order valence-corrected chi connectivity index (χ0v) is 7.52. The predicted octanol–water partition coefficient (Wildman–Crippen LogP) is 2.13. The van der Waals surface area contributed by atoms with Gasteiger partial charge in [-0.05, 0) is 28.2 Å². The molecule has 0 fully saturated rings. The molecule has 0 aliphatic rings. The molecule has 0 N–H and O–H groups in total. The largest absolute Gasteiger partial charge is 0.380 e. The third kappa shape index (κ3) is 3.58. The maximum atomic E-state index is 4.84. The molecule has 0 aromatic heterocycles. The van der Waals surface area contributed by atoms with Crippen molar-refractivity contribution in [2.75, 3.05) is 13.7 Å². The summed E-state index contributed by atoms with van der Waals surface area (Å²) in [5.41, 5.74) is 0.856. The molecule has 56 valence electrons. The monoisotopic (exact) mass is 203 g/mol. The number of methoxy groups -OCH3 is 1. The van der Waals surface area contributed by atoms with Crippen LogP contribution in [0.2, 0.25) is 0 Å². The summed E-state index contributed by atoms with van der Waals surface area (Å²) in [6.45, 7) is 7.55. The van der Waals surface area contributed by atoms with Crippen molar-refractivity contribution in [3.05, 3.63) is 22.8 Å². The number of rotatable bonds is 4. The van der Waals surface area contributed by atoms with Crippen LogP contribution in [0.3, 0.4) is 0 Å². The Kier molecular flexibility index (Phi) is 5.16. The van der Waals surface area contributed by atoms with Crippen LogP contribution in [-0.4, -0.2) is 20.4 Å². The number of halogens is 1. The third-order valence-electron chi connectivity index (χ3n) is 0.861. The van der Waals surface area contributed by atoms with E-state index in [1.165, 1.54) is 0 Å². The SMILES string of the molecule is C=N/C=C(/Br)C(=C)COC. The van der Waals surface area contributed by atoms with E-state index in [-0.39, 0.29) is 0 Å². The summed E-state index contributed by atoms with van der Waals surface area (Å²) in [5.74, 6) is 0. The molecule has 0 radical (unpaired) electrons. The van der Waals surface area contributed by atoms with E-state index < -0.39 is 0 Å². The molecule has 0 unspecified atom stereocenters.